The quantitative estimate of drug-likeness (QED) is 0.0528. The highest BCUT2D eigenvalue weighted by Gasteiger charge is 2.26. The van der Waals surface area contributed by atoms with Crippen molar-refractivity contribution >= 4 is 49.3 Å². The third kappa shape index (κ3) is 14.6. The van der Waals surface area contributed by atoms with Crippen molar-refractivity contribution in [3.63, 3.8) is 0 Å². The zero-order valence-electron chi connectivity index (χ0n) is 42.0. The van der Waals surface area contributed by atoms with Crippen LogP contribution >= 0.6 is 0 Å². The van der Waals surface area contributed by atoms with Crippen LogP contribution in [0.15, 0.2) is 101 Å². The molecule has 4 N–H and O–H groups in total. The maximum Gasteiger partial charge on any atom is 0.283 e. The Bertz CT molecular complexity index is 3160. The van der Waals surface area contributed by atoms with Crippen molar-refractivity contribution in [3.05, 3.63) is 168 Å². The lowest BCUT2D eigenvalue weighted by atomic mass is 9.90. The number of aryl methyl sites for hydroxylation is 7. The molecule has 6 rings (SSSR count). The molecule has 0 radical (unpaired) electrons. The molecule has 2 aromatic heterocycles. The minimum Gasteiger partial charge on any atom is -0.399 e. The molecule has 0 unspecified atom stereocenters. The molecule has 16 nitrogen and oxygen atoms in total. The van der Waals surface area contributed by atoms with Crippen molar-refractivity contribution in [2.75, 3.05) is 5.73 Å². The Morgan fingerprint density at radius 3 is 1.59 bits per heavy atom. The van der Waals surface area contributed by atoms with Gasteiger partial charge in [0.2, 0.25) is 0 Å². The standard InChI is InChI=1S/C26H30N4O5S.C26H34N4O3S/c1-17-12-18(2)23(19(3)13-17)16-29-24(14-20(27-29)10-11-26(4,5)6)25(31)28-36(34,35)22-9-7-8-21(15-22)30(32)33;1-17-12-18(2)23(19(3)13-17)16-30-24(15-21(28-30)10-11-26(4,5)6)25(31)29-34(32,33)22-9-7-8-20(27)14-22/h7-15H,16H2,1-6H3,(H,28,31);7-9,12-15H,10-11,16,27H2,1-6H3,(H,29,31)/b11-10+;. The Kier molecular flexibility index (Phi) is 16.5. The first-order valence-electron chi connectivity index (χ1n) is 22.6. The van der Waals surface area contributed by atoms with E-state index in [1.807, 2.05) is 85.2 Å². The largest absolute Gasteiger partial charge is 0.399 e. The van der Waals surface area contributed by atoms with Gasteiger partial charge in [-0.1, -0.05) is 95.1 Å². The number of nitro groups is 1. The summed E-state index contributed by atoms with van der Waals surface area (Å²) in [6, 6.07) is 21.8. The molecule has 0 atom stereocenters. The van der Waals surface area contributed by atoms with Crippen LogP contribution in [0.3, 0.4) is 0 Å². The Balaban J connectivity index is 0.000000261. The highest BCUT2D eigenvalue weighted by molar-refractivity contribution is 7.90. The fraction of sp³-hybridized carbons (Fsp3) is 0.346. The molecular weight excluding hydrogens is 929 g/mol. The van der Waals surface area contributed by atoms with Crippen molar-refractivity contribution < 1.29 is 31.3 Å². The second-order valence-electron chi connectivity index (χ2n) is 20.0. The number of anilines is 1. The highest BCUT2D eigenvalue weighted by atomic mass is 32.2. The molecule has 372 valence electrons. The summed E-state index contributed by atoms with van der Waals surface area (Å²) in [6.45, 7) is 25.2. The van der Waals surface area contributed by atoms with Crippen molar-refractivity contribution in [1.82, 2.24) is 29.0 Å². The SMILES string of the molecule is Cc1cc(C)c(Cn2nc(/C=C/C(C)(C)C)cc2C(=O)NS(=O)(=O)c2cccc([N+](=O)[O-])c2)c(C)c1.Cc1cc(C)c(Cn2nc(CCC(C)(C)C)cc2C(=O)NS(=O)(=O)c2cccc(N)c2)c(C)c1. The number of sulfonamides is 2. The molecule has 0 aliphatic carbocycles. The summed E-state index contributed by atoms with van der Waals surface area (Å²) in [5, 5.41) is 20.3. The predicted octanol–water partition coefficient (Wildman–Crippen LogP) is 9.48. The number of benzene rings is 4. The van der Waals surface area contributed by atoms with Crippen molar-refractivity contribution in [2.45, 2.75) is 119 Å². The number of non-ortho nitro benzene ring substituents is 1. The second kappa shape index (κ2) is 21.4. The van der Waals surface area contributed by atoms with E-state index in [4.69, 9.17) is 10.8 Å². The summed E-state index contributed by atoms with van der Waals surface area (Å²) >= 11 is 0. The number of nitro benzene ring substituents is 1. The van der Waals surface area contributed by atoms with Gasteiger partial charge in [-0.25, -0.2) is 26.3 Å². The van der Waals surface area contributed by atoms with E-state index in [1.165, 1.54) is 47.1 Å². The fourth-order valence-electron chi connectivity index (χ4n) is 7.69. The van der Waals surface area contributed by atoms with Gasteiger partial charge in [0.1, 0.15) is 11.4 Å². The van der Waals surface area contributed by atoms with Gasteiger partial charge in [-0.2, -0.15) is 10.2 Å². The maximum absolute atomic E-state index is 13.2. The number of hydrogen-bond donors (Lipinski definition) is 3. The Morgan fingerprint density at radius 2 is 1.13 bits per heavy atom. The molecule has 6 aromatic rings. The van der Waals surface area contributed by atoms with E-state index in [2.05, 4.69) is 42.7 Å². The van der Waals surface area contributed by atoms with Crippen LogP contribution in [-0.2, 0) is 39.6 Å². The van der Waals surface area contributed by atoms with Crippen molar-refractivity contribution in [1.29, 1.82) is 0 Å². The van der Waals surface area contributed by atoms with E-state index >= 15 is 0 Å². The monoisotopic (exact) mass is 992 g/mol. The predicted molar refractivity (Wildman–Crippen MR) is 273 cm³/mol. The smallest absolute Gasteiger partial charge is 0.283 e. The van der Waals surface area contributed by atoms with Crippen molar-refractivity contribution in [3.8, 4) is 0 Å². The molecule has 70 heavy (non-hydrogen) atoms. The molecule has 18 heteroatoms. The summed E-state index contributed by atoms with van der Waals surface area (Å²) < 4.78 is 58.7. The number of nitrogens with two attached hydrogens (primary N) is 1. The first kappa shape index (κ1) is 54.0. The molecule has 0 spiro atoms. The number of hydrogen-bond acceptors (Lipinski definition) is 11. The Hall–Kier alpha value is -6.92. The van der Waals surface area contributed by atoms with Gasteiger partial charge in [-0.15, -0.1) is 0 Å². The number of allylic oxidation sites excluding steroid dienone is 1. The number of nitrogen functional groups attached to an aromatic ring is 1. The minimum absolute atomic E-state index is 0.0527. The van der Waals surface area contributed by atoms with Gasteiger partial charge in [0, 0.05) is 17.8 Å². The number of nitrogens with zero attached hydrogens (tertiary/aromatic N) is 5. The third-order valence-electron chi connectivity index (χ3n) is 11.2. The molecule has 2 amide bonds. The molecule has 0 aliphatic rings. The summed E-state index contributed by atoms with van der Waals surface area (Å²) in [4.78, 5) is 36.3. The van der Waals surface area contributed by atoms with E-state index in [-0.39, 0.29) is 38.6 Å². The fourth-order valence-corrected chi connectivity index (χ4v) is 9.70. The van der Waals surface area contributed by atoms with Gasteiger partial charge >= 0.3 is 0 Å². The van der Waals surface area contributed by atoms with Crippen LogP contribution in [-0.4, -0.2) is 53.1 Å². The molecular formula is C52H64N8O8S2. The Morgan fingerprint density at radius 1 is 0.671 bits per heavy atom. The van der Waals surface area contributed by atoms with Crippen LogP contribution in [0.1, 0.15) is 125 Å². The van der Waals surface area contributed by atoms with Gasteiger partial charge in [0.15, 0.2) is 0 Å². The van der Waals surface area contributed by atoms with E-state index in [0.29, 0.717) is 24.3 Å². The third-order valence-corrected chi connectivity index (χ3v) is 13.9. The molecule has 0 aliphatic heterocycles. The average molecular weight is 993 g/mol. The molecule has 0 fully saturated rings. The number of carbonyl (C=O) groups excluding carboxylic acids is 2. The van der Waals surface area contributed by atoms with E-state index < -0.39 is 42.5 Å². The molecule has 0 bridgehead atoms. The number of rotatable bonds is 14. The number of nitrogens with one attached hydrogen (secondary N) is 2. The molecule has 4 aromatic carbocycles. The topological polar surface area (TPSA) is 231 Å². The van der Waals surface area contributed by atoms with Crippen LogP contribution in [0.2, 0.25) is 0 Å². The van der Waals surface area contributed by atoms with E-state index in [1.54, 1.807) is 22.9 Å². The number of aromatic nitrogens is 4. The molecule has 0 saturated heterocycles. The first-order chi connectivity index (χ1) is 32.4. The molecule has 0 saturated carbocycles. The average Bonchev–Trinajstić information content (AvgIpc) is 3.85. The highest BCUT2D eigenvalue weighted by Crippen LogP contribution is 2.25. The normalized spacial score (nSPS) is 12.1. The van der Waals surface area contributed by atoms with Crippen LogP contribution in [0.4, 0.5) is 11.4 Å². The van der Waals surface area contributed by atoms with Crippen LogP contribution in [0.25, 0.3) is 6.08 Å². The van der Waals surface area contributed by atoms with Crippen LogP contribution in [0, 0.1) is 62.5 Å². The summed E-state index contributed by atoms with van der Waals surface area (Å²) in [6.07, 6.45) is 5.31. The van der Waals surface area contributed by atoms with Crippen LogP contribution < -0.4 is 15.2 Å². The number of amides is 2. The van der Waals surface area contributed by atoms with Gasteiger partial charge in [0.05, 0.1) is 39.2 Å². The second-order valence-corrected chi connectivity index (χ2v) is 23.4. The lowest BCUT2D eigenvalue weighted by Crippen LogP contribution is -2.32. The van der Waals surface area contributed by atoms with Crippen molar-refractivity contribution in [2.24, 2.45) is 10.8 Å². The summed E-state index contributed by atoms with van der Waals surface area (Å²) in [5.41, 5.74) is 15.7. The van der Waals surface area contributed by atoms with Gasteiger partial charge in [0.25, 0.3) is 37.5 Å². The first-order valence-corrected chi connectivity index (χ1v) is 25.6. The van der Waals surface area contributed by atoms with E-state index in [9.17, 15) is 36.5 Å². The zero-order valence-corrected chi connectivity index (χ0v) is 43.6. The maximum atomic E-state index is 13.2. The summed E-state index contributed by atoms with van der Waals surface area (Å²) in [7, 11) is -8.45. The van der Waals surface area contributed by atoms with Crippen LogP contribution in [0.5, 0.6) is 0 Å². The van der Waals surface area contributed by atoms with Gasteiger partial charge in [-0.05, 0) is 141 Å². The lowest BCUT2D eigenvalue weighted by Gasteiger charge is -2.16. The Labute approximate surface area is 411 Å². The number of carbonyl (C=O) groups is 2. The molecule has 2 heterocycles. The summed E-state index contributed by atoms with van der Waals surface area (Å²) in [5.74, 6) is -1.61. The lowest BCUT2D eigenvalue weighted by molar-refractivity contribution is -0.385. The van der Waals surface area contributed by atoms with E-state index in [0.717, 1.165) is 62.7 Å². The van der Waals surface area contributed by atoms with Gasteiger partial charge < -0.3 is 5.73 Å². The minimum atomic E-state index is -4.36. The zero-order chi connectivity index (χ0) is 52.1. The van der Waals surface area contributed by atoms with Gasteiger partial charge in [-0.3, -0.25) is 29.1 Å².